The molecule has 0 spiro atoms. The zero-order chi connectivity index (χ0) is 29.9. The van der Waals surface area contributed by atoms with Crippen molar-refractivity contribution >= 4 is 81.5 Å². The molecule has 0 bridgehead atoms. The zero-order valence-corrected chi connectivity index (χ0v) is 26.0. The minimum Gasteiger partial charge on any atom is -0.397 e. The number of rotatable bonds is 5. The summed E-state index contributed by atoms with van der Waals surface area (Å²) in [5, 5.41) is 7.46. The van der Waals surface area contributed by atoms with Crippen molar-refractivity contribution in [1.82, 2.24) is 4.57 Å². The third-order valence-electron chi connectivity index (χ3n) is 8.87. The van der Waals surface area contributed by atoms with Crippen molar-refractivity contribution in [2.24, 2.45) is 0 Å². The van der Waals surface area contributed by atoms with E-state index in [9.17, 15) is 0 Å². The highest BCUT2D eigenvalue weighted by atomic mass is 32.2. The monoisotopic (exact) mass is 612 g/mol. The Morgan fingerprint density at radius 2 is 1.29 bits per heavy atom. The molecule has 9 rings (SSSR count). The van der Waals surface area contributed by atoms with Crippen LogP contribution in [0.15, 0.2) is 150 Å². The van der Waals surface area contributed by atoms with E-state index in [1.54, 1.807) is 0 Å². The summed E-state index contributed by atoms with van der Waals surface area (Å²) in [4.78, 5) is 1.13. The van der Waals surface area contributed by atoms with Crippen molar-refractivity contribution in [2.75, 3.05) is 5.73 Å². The number of anilines is 1. The van der Waals surface area contributed by atoms with Gasteiger partial charge in [-0.2, -0.15) is 0 Å². The van der Waals surface area contributed by atoms with Crippen LogP contribution in [-0.2, 0) is 5.75 Å². The fourth-order valence-electron chi connectivity index (χ4n) is 6.67. The lowest BCUT2D eigenvalue weighted by Crippen LogP contribution is -1.94. The van der Waals surface area contributed by atoms with Crippen molar-refractivity contribution in [3.8, 4) is 16.8 Å². The molecule has 0 radical (unpaired) electrons. The van der Waals surface area contributed by atoms with Crippen LogP contribution in [-0.4, -0.2) is 4.57 Å². The lowest BCUT2D eigenvalue weighted by Gasteiger charge is -2.10. The highest BCUT2D eigenvalue weighted by Gasteiger charge is 2.15. The summed E-state index contributed by atoms with van der Waals surface area (Å²) in [7, 11) is 0. The molecule has 0 aliphatic rings. The van der Waals surface area contributed by atoms with Crippen molar-refractivity contribution < 1.29 is 0 Å². The SMILES string of the molecule is Nc1c(SCc2ccc3c4ccccc4n(-c4ccccc4)c3c2)ccc2sc3ccc(-c4ccc5ccccc5c4)cc3c12. The molecular weight excluding hydrogens is 585 g/mol. The Bertz CT molecular complexity index is 2560. The predicted octanol–water partition coefficient (Wildman–Crippen LogP) is 11.8. The zero-order valence-electron chi connectivity index (χ0n) is 24.4. The van der Waals surface area contributed by atoms with E-state index in [0.29, 0.717) is 0 Å². The standard InChI is InChI=1S/C41H28N2S2/c42-41-39(44-25-26-14-18-33-32-12-6-7-13-35(32)43(36(33)22-26)31-10-2-1-3-11-31)21-20-38-40(41)34-24-30(17-19-37(34)45-38)29-16-15-27-8-4-5-9-28(27)23-29/h1-24H,25,42H2. The molecule has 2 heterocycles. The minimum absolute atomic E-state index is 0.840. The quantitative estimate of drug-likeness (QED) is 0.155. The molecule has 2 aromatic heterocycles. The van der Waals surface area contributed by atoms with Crippen LogP contribution in [0.3, 0.4) is 0 Å². The molecular formula is C41H28N2S2. The minimum atomic E-state index is 0.840. The van der Waals surface area contributed by atoms with Crippen LogP contribution < -0.4 is 5.73 Å². The second-order valence-corrected chi connectivity index (χ2v) is 13.7. The molecule has 214 valence electrons. The van der Waals surface area contributed by atoms with E-state index in [4.69, 9.17) is 5.73 Å². The molecule has 0 atom stereocenters. The molecule has 2 N–H and O–H groups in total. The van der Waals surface area contributed by atoms with Gasteiger partial charge in [0.2, 0.25) is 0 Å². The highest BCUT2D eigenvalue weighted by molar-refractivity contribution is 7.98. The van der Waals surface area contributed by atoms with E-state index < -0.39 is 0 Å². The Kier molecular flexibility index (Phi) is 6.19. The predicted molar refractivity (Wildman–Crippen MR) is 197 cm³/mol. The highest BCUT2D eigenvalue weighted by Crippen LogP contribution is 2.43. The molecule has 0 unspecified atom stereocenters. The summed E-state index contributed by atoms with van der Waals surface area (Å²) in [6, 6.07) is 52.7. The largest absolute Gasteiger partial charge is 0.397 e. The van der Waals surface area contributed by atoms with Crippen LogP contribution in [0.25, 0.3) is 69.6 Å². The van der Waals surface area contributed by atoms with Crippen LogP contribution in [0.4, 0.5) is 5.69 Å². The third kappa shape index (κ3) is 4.40. The van der Waals surface area contributed by atoms with Crippen LogP contribution in [0, 0.1) is 0 Å². The summed E-state index contributed by atoms with van der Waals surface area (Å²) in [5.74, 6) is 0.840. The van der Waals surface area contributed by atoms with E-state index >= 15 is 0 Å². The van der Waals surface area contributed by atoms with Crippen molar-refractivity contribution in [1.29, 1.82) is 0 Å². The average Bonchev–Trinajstić information content (AvgIpc) is 3.63. The lowest BCUT2D eigenvalue weighted by molar-refractivity contribution is 1.18. The Hall–Kier alpha value is -5.03. The van der Waals surface area contributed by atoms with Gasteiger partial charge in [0, 0.05) is 47.3 Å². The van der Waals surface area contributed by atoms with Gasteiger partial charge in [0.25, 0.3) is 0 Å². The fourth-order valence-corrected chi connectivity index (χ4v) is 8.70. The van der Waals surface area contributed by atoms with Crippen LogP contribution in [0.5, 0.6) is 0 Å². The first-order valence-corrected chi connectivity index (χ1v) is 17.0. The van der Waals surface area contributed by atoms with E-state index in [1.165, 1.54) is 75.1 Å². The van der Waals surface area contributed by atoms with Crippen molar-refractivity contribution in [3.63, 3.8) is 0 Å². The topological polar surface area (TPSA) is 30.9 Å². The summed E-state index contributed by atoms with van der Waals surface area (Å²) < 4.78 is 4.88. The Morgan fingerprint density at radius 3 is 2.20 bits per heavy atom. The van der Waals surface area contributed by atoms with Gasteiger partial charge in [-0.15, -0.1) is 23.1 Å². The van der Waals surface area contributed by atoms with Crippen molar-refractivity contribution in [2.45, 2.75) is 10.6 Å². The molecule has 2 nitrogen and oxygen atoms in total. The molecule has 0 saturated heterocycles. The van der Waals surface area contributed by atoms with Gasteiger partial charge in [0.15, 0.2) is 0 Å². The van der Waals surface area contributed by atoms with Gasteiger partial charge in [-0.05, 0) is 82.1 Å². The molecule has 4 heteroatoms. The van der Waals surface area contributed by atoms with Crippen molar-refractivity contribution in [3.05, 3.63) is 151 Å². The molecule has 0 saturated carbocycles. The first-order chi connectivity index (χ1) is 22.2. The number of thiophene rings is 1. The smallest absolute Gasteiger partial charge is 0.0546 e. The number of nitrogens with two attached hydrogens (primary N) is 1. The first kappa shape index (κ1) is 26.4. The maximum Gasteiger partial charge on any atom is 0.0546 e. The molecule has 0 fully saturated rings. The van der Waals surface area contributed by atoms with Gasteiger partial charge >= 0.3 is 0 Å². The van der Waals surface area contributed by atoms with Gasteiger partial charge in [0.05, 0.1) is 16.7 Å². The van der Waals surface area contributed by atoms with Crippen LogP contribution in [0.2, 0.25) is 0 Å². The molecule has 45 heavy (non-hydrogen) atoms. The van der Waals surface area contributed by atoms with E-state index in [1.807, 2.05) is 23.1 Å². The van der Waals surface area contributed by atoms with E-state index in [2.05, 4.69) is 150 Å². The van der Waals surface area contributed by atoms with Gasteiger partial charge in [-0.1, -0.05) is 91.0 Å². The number of benzene rings is 7. The maximum absolute atomic E-state index is 6.98. The van der Waals surface area contributed by atoms with Gasteiger partial charge in [0.1, 0.15) is 0 Å². The van der Waals surface area contributed by atoms with Gasteiger partial charge in [-0.3, -0.25) is 0 Å². The Labute approximate surface area is 269 Å². The molecule has 9 aromatic rings. The lowest BCUT2D eigenvalue weighted by atomic mass is 9.99. The number of hydrogen-bond acceptors (Lipinski definition) is 3. The molecule has 0 aliphatic heterocycles. The maximum atomic E-state index is 6.98. The number of thioether (sulfide) groups is 1. The van der Waals surface area contributed by atoms with Gasteiger partial charge in [-0.25, -0.2) is 0 Å². The summed E-state index contributed by atoms with van der Waals surface area (Å²) >= 11 is 3.63. The normalized spacial score (nSPS) is 11.8. The average molecular weight is 613 g/mol. The first-order valence-electron chi connectivity index (χ1n) is 15.2. The fraction of sp³-hybridized carbons (Fsp3) is 0.0244. The number of para-hydroxylation sites is 2. The Balaban J connectivity index is 1.09. The third-order valence-corrected chi connectivity index (χ3v) is 11.1. The molecule has 0 amide bonds. The second kappa shape index (κ2) is 10.6. The van der Waals surface area contributed by atoms with E-state index in [0.717, 1.165) is 16.3 Å². The summed E-state index contributed by atoms with van der Waals surface area (Å²) in [5.41, 5.74) is 15.2. The number of fused-ring (bicyclic) bond motifs is 7. The summed E-state index contributed by atoms with van der Waals surface area (Å²) in [6.07, 6.45) is 0. The number of nitrogens with zero attached hydrogens (tertiary/aromatic N) is 1. The van der Waals surface area contributed by atoms with Crippen LogP contribution >= 0.6 is 23.1 Å². The molecule has 0 aliphatic carbocycles. The van der Waals surface area contributed by atoms with E-state index in [-0.39, 0.29) is 0 Å². The number of aromatic nitrogens is 1. The summed E-state index contributed by atoms with van der Waals surface area (Å²) in [6.45, 7) is 0. The number of hydrogen-bond donors (Lipinski definition) is 1. The molecule has 7 aromatic carbocycles. The van der Waals surface area contributed by atoms with Gasteiger partial charge < -0.3 is 10.3 Å². The number of nitrogen functional groups attached to an aromatic ring is 1. The Morgan fingerprint density at radius 1 is 0.556 bits per heavy atom. The van der Waals surface area contributed by atoms with Crippen LogP contribution in [0.1, 0.15) is 5.56 Å². The second-order valence-electron chi connectivity index (χ2n) is 11.6.